The highest BCUT2D eigenvalue weighted by Crippen LogP contribution is 2.10. The van der Waals surface area contributed by atoms with Crippen molar-refractivity contribution in [2.24, 2.45) is 0 Å². The molecule has 0 saturated carbocycles. The van der Waals surface area contributed by atoms with Crippen LogP contribution in [0.25, 0.3) is 0 Å². The van der Waals surface area contributed by atoms with Crippen LogP contribution < -0.4 is 5.32 Å². The van der Waals surface area contributed by atoms with Crippen molar-refractivity contribution in [3.05, 3.63) is 35.9 Å². The number of hydrogen-bond donors (Lipinski definition) is 1. The molecule has 82 valence electrons. The number of hydrogen-bond acceptors (Lipinski definition) is 2. The molecule has 15 heavy (non-hydrogen) atoms. The predicted octanol–water partition coefficient (Wildman–Crippen LogP) is 2.88. The summed E-state index contributed by atoms with van der Waals surface area (Å²) in [6.07, 6.45) is 0.487. The van der Waals surface area contributed by atoms with E-state index in [0.717, 1.165) is 12.0 Å². The molecule has 1 amide bonds. The van der Waals surface area contributed by atoms with Gasteiger partial charge in [-0.2, -0.15) is 0 Å². The smallest absolute Gasteiger partial charge is 0.407 e. The van der Waals surface area contributed by atoms with Gasteiger partial charge in [-0.15, -0.1) is 0 Å². The quantitative estimate of drug-likeness (QED) is 0.824. The number of alkyl carbamates (subject to hydrolysis) is 1. The van der Waals surface area contributed by atoms with Crippen LogP contribution in [0.5, 0.6) is 0 Å². The highest BCUT2D eigenvalue weighted by molar-refractivity contribution is 5.67. The average molecular weight is 207 g/mol. The zero-order chi connectivity index (χ0) is 11.1. The number of benzene rings is 1. The van der Waals surface area contributed by atoms with Gasteiger partial charge in [0.05, 0.1) is 12.6 Å². The van der Waals surface area contributed by atoms with Gasteiger partial charge in [0.2, 0.25) is 0 Å². The molecular weight excluding hydrogens is 190 g/mol. The van der Waals surface area contributed by atoms with Crippen molar-refractivity contribution in [2.75, 3.05) is 6.61 Å². The first kappa shape index (κ1) is 11.6. The topological polar surface area (TPSA) is 38.3 Å². The summed E-state index contributed by atoms with van der Waals surface area (Å²) in [7, 11) is 0. The van der Waals surface area contributed by atoms with Crippen LogP contribution in [0.2, 0.25) is 0 Å². The normalized spacial score (nSPS) is 11.9. The maximum atomic E-state index is 11.3. The summed E-state index contributed by atoms with van der Waals surface area (Å²) < 4.78 is 4.93. The van der Waals surface area contributed by atoms with Crippen molar-refractivity contribution in [1.82, 2.24) is 5.32 Å². The molecule has 0 aromatic heterocycles. The minimum Gasteiger partial charge on any atom is -0.450 e. The van der Waals surface area contributed by atoms with Crippen LogP contribution in [0, 0.1) is 0 Å². The zero-order valence-electron chi connectivity index (χ0n) is 9.19. The number of rotatable bonds is 4. The largest absolute Gasteiger partial charge is 0.450 e. The molecule has 0 aliphatic carbocycles. The van der Waals surface area contributed by atoms with Gasteiger partial charge in [-0.1, -0.05) is 37.3 Å². The molecule has 0 heterocycles. The van der Waals surface area contributed by atoms with Gasteiger partial charge in [0, 0.05) is 0 Å². The fourth-order valence-corrected chi connectivity index (χ4v) is 1.24. The first-order valence-corrected chi connectivity index (χ1v) is 5.22. The molecule has 0 fully saturated rings. The second kappa shape index (κ2) is 6.06. The van der Waals surface area contributed by atoms with Crippen molar-refractivity contribution in [3.8, 4) is 0 Å². The fraction of sp³-hybridized carbons (Fsp3) is 0.417. The Labute approximate surface area is 90.4 Å². The van der Waals surface area contributed by atoms with E-state index in [-0.39, 0.29) is 12.1 Å². The van der Waals surface area contributed by atoms with Crippen LogP contribution >= 0.6 is 0 Å². The summed E-state index contributed by atoms with van der Waals surface area (Å²) in [6, 6.07) is 9.78. The lowest BCUT2D eigenvalue weighted by atomic mass is 10.1. The summed E-state index contributed by atoms with van der Waals surface area (Å²) in [5.74, 6) is 0. The molecule has 1 unspecified atom stereocenters. The SMILES string of the molecule is CCCOC(=O)NC(C)c1ccccc1. The Morgan fingerprint density at radius 1 is 1.40 bits per heavy atom. The molecule has 0 spiro atoms. The van der Waals surface area contributed by atoms with E-state index in [1.807, 2.05) is 44.2 Å². The van der Waals surface area contributed by atoms with E-state index in [4.69, 9.17) is 4.74 Å². The predicted molar refractivity (Wildman–Crippen MR) is 59.6 cm³/mol. The number of carbonyl (C=O) groups excluding carboxylic acids is 1. The molecule has 1 rings (SSSR count). The lowest BCUT2D eigenvalue weighted by Crippen LogP contribution is -2.27. The summed E-state index contributed by atoms with van der Waals surface area (Å²) in [4.78, 5) is 11.3. The Bertz CT molecular complexity index is 298. The standard InChI is InChI=1S/C12H17NO2/c1-3-9-15-12(14)13-10(2)11-7-5-4-6-8-11/h4-8,10H,3,9H2,1-2H3,(H,13,14). The second-order valence-corrected chi connectivity index (χ2v) is 3.41. The van der Waals surface area contributed by atoms with Crippen LogP contribution in [-0.2, 0) is 4.74 Å². The van der Waals surface area contributed by atoms with E-state index in [2.05, 4.69) is 5.32 Å². The van der Waals surface area contributed by atoms with E-state index in [1.54, 1.807) is 0 Å². The summed E-state index contributed by atoms with van der Waals surface area (Å²) in [5.41, 5.74) is 1.07. The van der Waals surface area contributed by atoms with Gasteiger partial charge in [0.15, 0.2) is 0 Å². The Kier molecular flexibility index (Phi) is 4.68. The molecule has 0 radical (unpaired) electrons. The Hall–Kier alpha value is -1.51. The van der Waals surface area contributed by atoms with Crippen LogP contribution in [0.15, 0.2) is 30.3 Å². The second-order valence-electron chi connectivity index (χ2n) is 3.41. The third-order valence-electron chi connectivity index (χ3n) is 2.07. The third kappa shape index (κ3) is 4.02. The molecule has 1 atom stereocenters. The molecular formula is C12H17NO2. The summed E-state index contributed by atoms with van der Waals surface area (Å²) >= 11 is 0. The van der Waals surface area contributed by atoms with Gasteiger partial charge in [0.25, 0.3) is 0 Å². The van der Waals surface area contributed by atoms with Crippen molar-refractivity contribution in [3.63, 3.8) is 0 Å². The lowest BCUT2D eigenvalue weighted by molar-refractivity contribution is 0.143. The van der Waals surface area contributed by atoms with Crippen LogP contribution in [0.3, 0.4) is 0 Å². The van der Waals surface area contributed by atoms with Gasteiger partial charge in [-0.25, -0.2) is 4.79 Å². The molecule has 3 nitrogen and oxygen atoms in total. The number of carbonyl (C=O) groups is 1. The first-order valence-electron chi connectivity index (χ1n) is 5.22. The van der Waals surface area contributed by atoms with E-state index < -0.39 is 0 Å². The van der Waals surface area contributed by atoms with Gasteiger partial charge in [-0.05, 0) is 18.9 Å². The first-order chi connectivity index (χ1) is 7.24. The Morgan fingerprint density at radius 3 is 2.67 bits per heavy atom. The minimum absolute atomic E-state index is 0.0180. The van der Waals surface area contributed by atoms with Gasteiger partial charge in [-0.3, -0.25) is 0 Å². The van der Waals surface area contributed by atoms with Gasteiger partial charge >= 0.3 is 6.09 Å². The number of amides is 1. The third-order valence-corrected chi connectivity index (χ3v) is 2.07. The molecule has 1 N–H and O–H groups in total. The minimum atomic E-state index is -0.354. The van der Waals surface area contributed by atoms with E-state index >= 15 is 0 Å². The molecule has 1 aromatic rings. The average Bonchev–Trinajstić information content (AvgIpc) is 2.27. The van der Waals surface area contributed by atoms with Crippen molar-refractivity contribution in [2.45, 2.75) is 26.3 Å². The lowest BCUT2D eigenvalue weighted by Gasteiger charge is -2.13. The van der Waals surface area contributed by atoms with Crippen molar-refractivity contribution >= 4 is 6.09 Å². The van der Waals surface area contributed by atoms with Crippen LogP contribution in [-0.4, -0.2) is 12.7 Å². The summed E-state index contributed by atoms with van der Waals surface area (Å²) in [5, 5.41) is 2.77. The van der Waals surface area contributed by atoms with Gasteiger partial charge < -0.3 is 10.1 Å². The zero-order valence-corrected chi connectivity index (χ0v) is 9.19. The van der Waals surface area contributed by atoms with E-state index in [9.17, 15) is 4.79 Å². The highest BCUT2D eigenvalue weighted by atomic mass is 16.5. The molecule has 0 aliphatic heterocycles. The monoisotopic (exact) mass is 207 g/mol. The summed E-state index contributed by atoms with van der Waals surface area (Å²) in [6.45, 7) is 4.36. The van der Waals surface area contributed by atoms with Crippen molar-refractivity contribution in [1.29, 1.82) is 0 Å². The molecule has 0 bridgehead atoms. The molecule has 0 aliphatic rings. The van der Waals surface area contributed by atoms with Crippen molar-refractivity contribution < 1.29 is 9.53 Å². The van der Waals surface area contributed by atoms with E-state index in [1.165, 1.54) is 0 Å². The van der Waals surface area contributed by atoms with Crippen LogP contribution in [0.4, 0.5) is 4.79 Å². The Balaban J connectivity index is 2.42. The number of nitrogens with one attached hydrogen (secondary N) is 1. The highest BCUT2D eigenvalue weighted by Gasteiger charge is 2.08. The van der Waals surface area contributed by atoms with E-state index in [0.29, 0.717) is 6.61 Å². The molecule has 0 saturated heterocycles. The molecule has 3 heteroatoms. The maximum absolute atomic E-state index is 11.3. The Morgan fingerprint density at radius 2 is 2.07 bits per heavy atom. The number of ether oxygens (including phenoxy) is 1. The van der Waals surface area contributed by atoms with Crippen LogP contribution in [0.1, 0.15) is 31.9 Å². The molecule has 1 aromatic carbocycles. The fourth-order valence-electron chi connectivity index (χ4n) is 1.24. The maximum Gasteiger partial charge on any atom is 0.407 e. The van der Waals surface area contributed by atoms with Gasteiger partial charge in [0.1, 0.15) is 0 Å².